The Hall–Kier alpha value is -0.330. The van der Waals surface area contributed by atoms with Crippen LogP contribution >= 0.6 is 23.2 Å². The molecule has 0 saturated carbocycles. The first-order valence-corrected chi connectivity index (χ1v) is 9.79. The molecule has 0 aliphatic carbocycles. The van der Waals surface area contributed by atoms with Gasteiger partial charge in [0, 0.05) is 18.1 Å². The number of hydrogen-bond acceptors (Lipinski definition) is 3. The zero-order valence-electron chi connectivity index (χ0n) is 12.7. The second-order valence-electron chi connectivity index (χ2n) is 5.89. The van der Waals surface area contributed by atoms with Crippen LogP contribution in [0.25, 0.3) is 0 Å². The van der Waals surface area contributed by atoms with E-state index in [9.17, 15) is 8.42 Å². The first-order chi connectivity index (χ1) is 10.4. The third-order valence-corrected chi connectivity index (χ3v) is 5.96. The monoisotopic (exact) mass is 364 g/mol. The smallest absolute Gasteiger partial charge is 0.242 e. The average Bonchev–Trinajstić information content (AvgIpc) is 2.49. The molecular weight excluding hydrogens is 343 g/mol. The van der Waals surface area contributed by atoms with Gasteiger partial charge in [-0.2, -0.15) is 0 Å². The van der Waals surface area contributed by atoms with Crippen LogP contribution in [0.1, 0.15) is 26.2 Å². The molecule has 22 heavy (non-hydrogen) atoms. The number of likely N-dealkylation sites (tertiary alicyclic amines) is 1. The molecule has 1 aromatic carbocycles. The number of hydrogen-bond donors (Lipinski definition) is 1. The Balaban J connectivity index is 1.92. The van der Waals surface area contributed by atoms with Crippen LogP contribution in [0.3, 0.4) is 0 Å². The van der Waals surface area contributed by atoms with Crippen molar-refractivity contribution in [3.63, 3.8) is 0 Å². The Kier molecular flexibility index (Phi) is 6.53. The van der Waals surface area contributed by atoms with Crippen molar-refractivity contribution >= 4 is 33.2 Å². The molecule has 1 unspecified atom stereocenters. The first-order valence-electron chi connectivity index (χ1n) is 7.55. The first kappa shape index (κ1) is 18.0. The fourth-order valence-corrected chi connectivity index (χ4v) is 4.59. The van der Waals surface area contributed by atoms with Gasteiger partial charge < -0.3 is 4.90 Å². The Morgan fingerprint density at radius 1 is 1.23 bits per heavy atom. The number of nitrogens with zero attached hydrogens (tertiary/aromatic N) is 1. The topological polar surface area (TPSA) is 49.4 Å². The van der Waals surface area contributed by atoms with E-state index >= 15 is 0 Å². The zero-order valence-corrected chi connectivity index (χ0v) is 15.0. The van der Waals surface area contributed by atoms with Crippen molar-refractivity contribution < 1.29 is 8.42 Å². The minimum Gasteiger partial charge on any atom is -0.303 e. The molecule has 1 aliphatic heterocycles. The lowest BCUT2D eigenvalue weighted by atomic mass is 10.1. The lowest BCUT2D eigenvalue weighted by Gasteiger charge is -2.29. The molecule has 4 nitrogen and oxygen atoms in total. The molecule has 0 amide bonds. The summed E-state index contributed by atoms with van der Waals surface area (Å²) in [5.74, 6) is 0.242. The number of piperidine rings is 1. The molecule has 0 bridgehead atoms. The summed E-state index contributed by atoms with van der Waals surface area (Å²) in [5, 5.41) is 0.534. The van der Waals surface area contributed by atoms with Crippen LogP contribution in [0.15, 0.2) is 23.1 Å². The fraction of sp³-hybridized carbons (Fsp3) is 0.600. The number of halogens is 2. The van der Waals surface area contributed by atoms with Gasteiger partial charge in [0.05, 0.1) is 5.02 Å². The molecule has 1 heterocycles. The Bertz CT molecular complexity index is 602. The van der Waals surface area contributed by atoms with Crippen LogP contribution < -0.4 is 4.72 Å². The lowest BCUT2D eigenvalue weighted by molar-refractivity contribution is 0.201. The largest absolute Gasteiger partial charge is 0.303 e. The van der Waals surface area contributed by atoms with Gasteiger partial charge >= 0.3 is 0 Å². The van der Waals surface area contributed by atoms with Crippen LogP contribution in [0, 0.1) is 5.92 Å². The van der Waals surface area contributed by atoms with E-state index in [0.717, 1.165) is 19.6 Å². The minimum absolute atomic E-state index is 0.0341. The summed E-state index contributed by atoms with van der Waals surface area (Å²) in [6.07, 6.45) is 3.76. The zero-order chi connectivity index (χ0) is 16.2. The van der Waals surface area contributed by atoms with Gasteiger partial charge in [0.2, 0.25) is 10.0 Å². The number of rotatable bonds is 6. The van der Waals surface area contributed by atoms with Crippen molar-refractivity contribution in [2.24, 2.45) is 5.92 Å². The van der Waals surface area contributed by atoms with Crippen molar-refractivity contribution in [2.45, 2.75) is 31.1 Å². The van der Waals surface area contributed by atoms with E-state index < -0.39 is 10.0 Å². The maximum absolute atomic E-state index is 12.3. The molecule has 1 atom stereocenters. The summed E-state index contributed by atoms with van der Waals surface area (Å²) < 4.78 is 27.3. The normalized spacial score (nSPS) is 18.3. The summed E-state index contributed by atoms with van der Waals surface area (Å²) in [7, 11) is -3.63. The SMILES string of the molecule is CC(CNS(=O)(=O)c1cc(Cl)ccc1Cl)CN1CCCCC1. The quantitative estimate of drug-likeness (QED) is 0.841. The highest BCUT2D eigenvalue weighted by molar-refractivity contribution is 7.89. The lowest BCUT2D eigenvalue weighted by Crippen LogP contribution is -2.38. The Labute approximate surface area is 142 Å². The molecule has 2 rings (SSSR count). The fourth-order valence-electron chi connectivity index (χ4n) is 2.66. The predicted octanol–water partition coefficient (Wildman–Crippen LogP) is 3.39. The van der Waals surface area contributed by atoms with Crippen molar-refractivity contribution in [1.29, 1.82) is 0 Å². The highest BCUT2D eigenvalue weighted by Gasteiger charge is 2.20. The summed E-state index contributed by atoms with van der Waals surface area (Å²) in [6.45, 7) is 5.57. The van der Waals surface area contributed by atoms with Gasteiger partial charge in [-0.25, -0.2) is 13.1 Å². The van der Waals surface area contributed by atoms with Crippen molar-refractivity contribution in [3.05, 3.63) is 28.2 Å². The van der Waals surface area contributed by atoms with Crippen LogP contribution in [-0.2, 0) is 10.0 Å². The van der Waals surface area contributed by atoms with Crippen molar-refractivity contribution in [2.75, 3.05) is 26.2 Å². The van der Waals surface area contributed by atoms with Gasteiger partial charge in [-0.3, -0.25) is 0 Å². The maximum atomic E-state index is 12.3. The molecule has 124 valence electrons. The highest BCUT2D eigenvalue weighted by atomic mass is 35.5. The van der Waals surface area contributed by atoms with Crippen LogP contribution in [0.4, 0.5) is 0 Å². The summed E-state index contributed by atoms with van der Waals surface area (Å²) >= 11 is 11.8. The second kappa shape index (κ2) is 7.97. The molecule has 1 saturated heterocycles. The van der Waals surface area contributed by atoms with Gasteiger partial charge in [0.1, 0.15) is 4.90 Å². The summed E-state index contributed by atoms with van der Waals surface area (Å²) in [5.41, 5.74) is 0. The van der Waals surface area contributed by atoms with E-state index in [0.29, 0.717) is 11.6 Å². The van der Waals surface area contributed by atoms with E-state index in [1.165, 1.54) is 31.4 Å². The van der Waals surface area contributed by atoms with E-state index in [-0.39, 0.29) is 15.8 Å². The van der Waals surface area contributed by atoms with E-state index in [2.05, 4.69) is 16.5 Å². The predicted molar refractivity (Wildman–Crippen MR) is 91.1 cm³/mol. The molecule has 0 aromatic heterocycles. The van der Waals surface area contributed by atoms with Crippen molar-refractivity contribution in [3.8, 4) is 0 Å². The Morgan fingerprint density at radius 3 is 2.59 bits per heavy atom. The number of sulfonamides is 1. The molecule has 0 radical (unpaired) electrons. The highest BCUT2D eigenvalue weighted by Crippen LogP contribution is 2.24. The van der Waals surface area contributed by atoms with Crippen molar-refractivity contribution in [1.82, 2.24) is 9.62 Å². The van der Waals surface area contributed by atoms with Gasteiger partial charge in [-0.1, -0.05) is 36.5 Å². The van der Waals surface area contributed by atoms with E-state index in [1.54, 1.807) is 6.07 Å². The van der Waals surface area contributed by atoms with Gasteiger partial charge in [-0.05, 0) is 50.0 Å². The summed E-state index contributed by atoms with van der Waals surface area (Å²) in [4.78, 5) is 2.43. The van der Waals surface area contributed by atoms with E-state index in [1.807, 2.05) is 0 Å². The second-order valence-corrected chi connectivity index (χ2v) is 8.47. The molecule has 1 aromatic rings. The van der Waals surface area contributed by atoms with Gasteiger partial charge in [0.15, 0.2) is 0 Å². The molecule has 0 spiro atoms. The molecule has 1 fully saturated rings. The third-order valence-electron chi connectivity index (χ3n) is 3.82. The standard InChI is InChI=1S/C15H22Cl2N2O2S/c1-12(11-19-7-3-2-4-8-19)10-18-22(20,21)15-9-13(16)5-6-14(15)17/h5-6,9,12,18H,2-4,7-8,10-11H2,1H3. The summed E-state index contributed by atoms with van der Waals surface area (Å²) in [6, 6.07) is 4.44. The molecule has 7 heteroatoms. The molecule has 1 N–H and O–H groups in total. The van der Waals surface area contributed by atoms with E-state index in [4.69, 9.17) is 23.2 Å². The minimum atomic E-state index is -3.63. The average molecular weight is 365 g/mol. The van der Waals surface area contributed by atoms with Gasteiger partial charge in [-0.15, -0.1) is 0 Å². The van der Waals surface area contributed by atoms with Crippen LogP contribution in [0.2, 0.25) is 10.0 Å². The molecular formula is C15H22Cl2N2O2S. The maximum Gasteiger partial charge on any atom is 0.242 e. The number of nitrogens with one attached hydrogen (secondary N) is 1. The number of benzene rings is 1. The van der Waals surface area contributed by atoms with Gasteiger partial charge in [0.25, 0.3) is 0 Å². The Morgan fingerprint density at radius 2 is 1.91 bits per heavy atom. The molecule has 1 aliphatic rings. The van der Waals surface area contributed by atoms with Crippen LogP contribution in [-0.4, -0.2) is 39.5 Å². The van der Waals surface area contributed by atoms with Crippen LogP contribution in [0.5, 0.6) is 0 Å². The third kappa shape index (κ3) is 5.10.